The van der Waals surface area contributed by atoms with Crippen LogP contribution in [-0.2, 0) is 13.2 Å². The summed E-state index contributed by atoms with van der Waals surface area (Å²) in [6.07, 6.45) is 1.55. The Morgan fingerprint density at radius 1 is 0.571 bits per heavy atom. The summed E-state index contributed by atoms with van der Waals surface area (Å²) in [4.78, 5) is 36.8. The summed E-state index contributed by atoms with van der Waals surface area (Å²) in [5.74, 6) is 0.544. The molecule has 0 radical (unpaired) electrons. The summed E-state index contributed by atoms with van der Waals surface area (Å²) in [7, 11) is 13.2. The van der Waals surface area contributed by atoms with Crippen molar-refractivity contribution in [3.63, 3.8) is 0 Å². The molecule has 0 aliphatic heterocycles. The fraction of sp³-hybridized carbons (Fsp3) is 0.385. The van der Waals surface area contributed by atoms with Crippen molar-refractivity contribution in [2.24, 2.45) is 0 Å². The van der Waals surface area contributed by atoms with Crippen LogP contribution in [0.15, 0.2) is 84.9 Å². The number of benzene rings is 3. The minimum atomic E-state index is -0.281. The molecule has 10 heteroatoms. The van der Waals surface area contributed by atoms with Gasteiger partial charge in [0.25, 0.3) is 11.8 Å². The summed E-state index contributed by atoms with van der Waals surface area (Å²) in [5, 5.41) is 0. The Bertz CT molecular complexity index is 1520. The molecule has 0 aliphatic rings. The van der Waals surface area contributed by atoms with Gasteiger partial charge in [0.15, 0.2) is 22.9 Å². The normalized spacial score (nSPS) is 11.1. The van der Waals surface area contributed by atoms with Gasteiger partial charge in [0.2, 0.25) is 0 Å². The van der Waals surface area contributed by atoms with Crippen LogP contribution in [0.25, 0.3) is 5.69 Å². The standard InChI is InChI=1S/C39H51N5O5/c1-40(2)24-14-26-42(5)38(45)34-36(48-28-30-16-10-8-11-17-30)37(49-29-31-18-12-9-13-19-31)35(39(46)43(6)27-15-25-41(3)4)44(34)32-20-22-33(47-7)23-21-32/h8-13,16-23H,14-15,24-29H2,1-7H3. The van der Waals surface area contributed by atoms with Crippen molar-refractivity contribution in [3.05, 3.63) is 107 Å². The van der Waals surface area contributed by atoms with E-state index in [0.29, 0.717) is 24.5 Å². The molecular weight excluding hydrogens is 618 g/mol. The third kappa shape index (κ3) is 10.1. The lowest BCUT2D eigenvalue weighted by molar-refractivity contribution is 0.0772. The van der Waals surface area contributed by atoms with Gasteiger partial charge in [-0.1, -0.05) is 60.7 Å². The van der Waals surface area contributed by atoms with Gasteiger partial charge in [0.1, 0.15) is 19.0 Å². The number of rotatable bonds is 18. The minimum absolute atomic E-state index is 0.173. The predicted molar refractivity (Wildman–Crippen MR) is 194 cm³/mol. The van der Waals surface area contributed by atoms with E-state index >= 15 is 0 Å². The van der Waals surface area contributed by atoms with Gasteiger partial charge < -0.3 is 33.8 Å². The van der Waals surface area contributed by atoms with Gasteiger partial charge in [-0.25, -0.2) is 0 Å². The maximum absolute atomic E-state index is 14.6. The number of carbonyl (C=O) groups is 2. The van der Waals surface area contributed by atoms with Crippen molar-refractivity contribution in [1.29, 1.82) is 0 Å². The first-order valence-corrected chi connectivity index (χ1v) is 16.7. The molecule has 0 saturated carbocycles. The monoisotopic (exact) mass is 669 g/mol. The van der Waals surface area contributed by atoms with Crippen LogP contribution in [0.3, 0.4) is 0 Å². The maximum atomic E-state index is 14.6. The van der Waals surface area contributed by atoms with E-state index in [4.69, 9.17) is 14.2 Å². The summed E-state index contributed by atoms with van der Waals surface area (Å²) in [5.41, 5.74) is 2.89. The number of hydrogen-bond acceptors (Lipinski definition) is 7. The van der Waals surface area contributed by atoms with Gasteiger partial charge in [0.05, 0.1) is 7.11 Å². The van der Waals surface area contributed by atoms with Crippen LogP contribution < -0.4 is 14.2 Å². The average molecular weight is 670 g/mol. The molecule has 0 fully saturated rings. The van der Waals surface area contributed by atoms with Crippen molar-refractivity contribution in [3.8, 4) is 22.9 Å². The minimum Gasteiger partial charge on any atom is -0.497 e. The molecule has 0 spiro atoms. The van der Waals surface area contributed by atoms with Crippen molar-refractivity contribution >= 4 is 11.8 Å². The molecule has 0 N–H and O–H groups in total. The molecule has 1 heterocycles. The summed E-state index contributed by atoms with van der Waals surface area (Å²) >= 11 is 0. The molecule has 49 heavy (non-hydrogen) atoms. The third-order valence-electron chi connectivity index (χ3n) is 8.16. The largest absolute Gasteiger partial charge is 0.497 e. The SMILES string of the molecule is COc1ccc(-n2c(C(=O)N(C)CCCN(C)C)c(OCc3ccccc3)c(OCc3ccccc3)c2C(=O)N(C)CCCN(C)C)cc1. The van der Waals surface area contributed by atoms with Crippen molar-refractivity contribution < 1.29 is 23.8 Å². The first-order valence-electron chi connectivity index (χ1n) is 16.7. The van der Waals surface area contributed by atoms with Crippen LogP contribution in [0.5, 0.6) is 17.2 Å². The van der Waals surface area contributed by atoms with E-state index in [1.54, 1.807) is 35.6 Å². The second-order valence-electron chi connectivity index (χ2n) is 12.7. The van der Waals surface area contributed by atoms with E-state index in [9.17, 15) is 9.59 Å². The molecule has 0 atom stereocenters. The topological polar surface area (TPSA) is 79.7 Å². The van der Waals surface area contributed by atoms with Crippen LogP contribution in [0.4, 0.5) is 0 Å². The van der Waals surface area contributed by atoms with Crippen LogP contribution in [-0.4, -0.2) is 112 Å². The summed E-state index contributed by atoms with van der Waals surface area (Å²) in [6.45, 7) is 3.01. The fourth-order valence-electron chi connectivity index (χ4n) is 5.45. The highest BCUT2D eigenvalue weighted by atomic mass is 16.5. The average Bonchev–Trinajstić information content (AvgIpc) is 3.43. The number of hydrogen-bond donors (Lipinski definition) is 0. The van der Waals surface area contributed by atoms with E-state index in [0.717, 1.165) is 37.1 Å². The van der Waals surface area contributed by atoms with Gasteiger partial charge in [0, 0.05) is 32.9 Å². The van der Waals surface area contributed by atoms with Crippen LogP contribution in [0.1, 0.15) is 44.9 Å². The first-order chi connectivity index (χ1) is 23.6. The lowest BCUT2D eigenvalue weighted by Crippen LogP contribution is -2.33. The maximum Gasteiger partial charge on any atom is 0.274 e. The fourth-order valence-corrected chi connectivity index (χ4v) is 5.45. The molecule has 10 nitrogen and oxygen atoms in total. The van der Waals surface area contributed by atoms with Crippen LogP contribution in [0, 0.1) is 0 Å². The van der Waals surface area contributed by atoms with E-state index in [2.05, 4.69) is 9.80 Å². The molecule has 0 saturated heterocycles. The van der Waals surface area contributed by atoms with Crippen LogP contribution >= 0.6 is 0 Å². The highest BCUT2D eigenvalue weighted by Crippen LogP contribution is 2.43. The predicted octanol–water partition coefficient (Wildman–Crippen LogP) is 5.69. The number of amides is 2. The molecular formula is C39H51N5O5. The number of aromatic nitrogens is 1. The molecule has 4 aromatic rings. The Morgan fingerprint density at radius 2 is 0.980 bits per heavy atom. The third-order valence-corrected chi connectivity index (χ3v) is 8.16. The smallest absolute Gasteiger partial charge is 0.274 e. The number of carbonyl (C=O) groups excluding carboxylic acids is 2. The molecule has 4 rings (SSSR count). The molecule has 3 aromatic carbocycles. The van der Waals surface area contributed by atoms with Crippen molar-refractivity contribution in [1.82, 2.24) is 24.2 Å². The highest BCUT2D eigenvalue weighted by Gasteiger charge is 2.36. The summed E-state index contributed by atoms with van der Waals surface area (Å²) in [6, 6.07) is 26.8. The van der Waals surface area contributed by atoms with E-state index < -0.39 is 0 Å². The van der Waals surface area contributed by atoms with Gasteiger partial charge in [-0.3, -0.25) is 14.2 Å². The Morgan fingerprint density at radius 3 is 1.35 bits per heavy atom. The zero-order valence-electron chi connectivity index (χ0n) is 30.0. The zero-order chi connectivity index (χ0) is 35.3. The lowest BCUT2D eigenvalue weighted by Gasteiger charge is -2.22. The Balaban J connectivity index is 1.95. The highest BCUT2D eigenvalue weighted by molar-refractivity contribution is 6.04. The van der Waals surface area contributed by atoms with Gasteiger partial charge in [-0.15, -0.1) is 0 Å². The van der Waals surface area contributed by atoms with Crippen LogP contribution in [0.2, 0.25) is 0 Å². The summed E-state index contributed by atoms with van der Waals surface area (Å²) < 4.78 is 20.3. The Hall–Kier alpha value is -4.80. The van der Waals surface area contributed by atoms with E-state index in [-0.39, 0.29) is 47.9 Å². The quantitative estimate of drug-likeness (QED) is 0.135. The molecule has 0 bridgehead atoms. The van der Waals surface area contributed by atoms with Crippen molar-refractivity contribution in [2.45, 2.75) is 26.1 Å². The van der Waals surface area contributed by atoms with Crippen molar-refractivity contribution in [2.75, 3.05) is 75.6 Å². The molecule has 0 aliphatic carbocycles. The van der Waals surface area contributed by atoms with E-state index in [1.807, 2.05) is 113 Å². The molecule has 262 valence electrons. The zero-order valence-corrected chi connectivity index (χ0v) is 30.0. The first kappa shape index (κ1) is 37.0. The molecule has 0 unspecified atom stereocenters. The number of ether oxygens (including phenoxy) is 3. The molecule has 1 aromatic heterocycles. The lowest BCUT2D eigenvalue weighted by atomic mass is 10.2. The molecule has 2 amide bonds. The van der Waals surface area contributed by atoms with E-state index in [1.165, 1.54) is 0 Å². The number of methoxy groups -OCH3 is 1. The van der Waals surface area contributed by atoms with Gasteiger partial charge >= 0.3 is 0 Å². The Kier molecular flexibility index (Phi) is 13.7. The second kappa shape index (κ2) is 18.1. The van der Waals surface area contributed by atoms with Gasteiger partial charge in [-0.05, 0) is 89.5 Å². The second-order valence-corrected chi connectivity index (χ2v) is 12.7. The van der Waals surface area contributed by atoms with Gasteiger partial charge in [-0.2, -0.15) is 0 Å². The number of nitrogens with zero attached hydrogens (tertiary/aromatic N) is 5. The Labute approximate surface area is 291 Å².